The molecule has 2 N–H and O–H groups in total. The van der Waals surface area contributed by atoms with E-state index in [1.54, 1.807) is 61.0 Å². The molecular weight excluding hydrogens is 506 g/mol. The van der Waals surface area contributed by atoms with Gasteiger partial charge in [0, 0.05) is 12.7 Å². The molecule has 3 aromatic heterocycles. The number of nitrogens with zero attached hydrogens (tertiary/aromatic N) is 5. The molecule has 0 unspecified atom stereocenters. The second-order valence-corrected chi connectivity index (χ2v) is 10.4. The summed E-state index contributed by atoms with van der Waals surface area (Å²) in [5.41, 5.74) is 2.36. The van der Waals surface area contributed by atoms with Gasteiger partial charge in [0.25, 0.3) is 5.92 Å². The zero-order valence-electron chi connectivity index (χ0n) is 22.4. The number of piperidine rings is 1. The van der Waals surface area contributed by atoms with E-state index in [4.69, 9.17) is 9.47 Å². The zero-order chi connectivity index (χ0) is 27.8. The molecule has 206 valence electrons. The van der Waals surface area contributed by atoms with Crippen LogP contribution in [0.2, 0.25) is 0 Å². The van der Waals surface area contributed by atoms with E-state index >= 15 is 8.78 Å². The van der Waals surface area contributed by atoms with Crippen LogP contribution in [-0.2, 0) is 0 Å². The van der Waals surface area contributed by atoms with Crippen LogP contribution in [0, 0.1) is 0 Å². The lowest BCUT2D eigenvalue weighted by Crippen LogP contribution is -2.51. The topological polar surface area (TPSA) is 97.0 Å². The number of rotatable bonds is 8. The molecule has 0 radical (unpaired) electrons. The third-order valence-electron chi connectivity index (χ3n) is 6.80. The Morgan fingerprint density at radius 1 is 1.13 bits per heavy atom. The molecule has 1 saturated heterocycles. The van der Waals surface area contributed by atoms with Gasteiger partial charge in [-0.1, -0.05) is 6.07 Å². The molecule has 39 heavy (non-hydrogen) atoms. The van der Waals surface area contributed by atoms with Crippen LogP contribution in [0.25, 0.3) is 16.8 Å². The summed E-state index contributed by atoms with van der Waals surface area (Å²) in [6.45, 7) is 3.52. The lowest BCUT2D eigenvalue weighted by atomic mass is 9.85. The molecule has 11 heteroatoms. The van der Waals surface area contributed by atoms with Gasteiger partial charge in [-0.15, -0.1) is 5.10 Å². The van der Waals surface area contributed by atoms with Crippen LogP contribution in [0.1, 0.15) is 31.7 Å². The van der Waals surface area contributed by atoms with Crippen molar-refractivity contribution in [3.8, 4) is 22.9 Å². The highest BCUT2D eigenvalue weighted by Gasteiger charge is 2.46. The fourth-order valence-electron chi connectivity index (χ4n) is 5.16. The number of hydrogen-bond acceptors (Lipinski definition) is 8. The number of aromatic nitrogens is 4. The number of likely N-dealkylation sites (tertiary alicyclic amines) is 1. The smallest absolute Gasteiger partial charge is 0.267 e. The van der Waals surface area contributed by atoms with Gasteiger partial charge in [-0.05, 0) is 68.8 Å². The van der Waals surface area contributed by atoms with E-state index in [1.807, 2.05) is 24.3 Å². The van der Waals surface area contributed by atoms with Gasteiger partial charge in [-0.3, -0.25) is 4.90 Å². The van der Waals surface area contributed by atoms with Crippen molar-refractivity contribution in [2.45, 2.75) is 37.7 Å². The average Bonchev–Trinajstić information content (AvgIpc) is 3.30. The number of β-amino-alcohol motifs (C(OH)–C–C–N with tert-alkyl or cyclic N) is 1. The molecule has 0 amide bonds. The fourth-order valence-corrected chi connectivity index (χ4v) is 5.16. The summed E-state index contributed by atoms with van der Waals surface area (Å²) >= 11 is 0. The zero-order valence-corrected chi connectivity index (χ0v) is 22.4. The molecule has 0 bridgehead atoms. The fraction of sp³-hybridized carbons (Fsp3) is 0.393. The highest BCUT2D eigenvalue weighted by Crippen LogP contribution is 2.43. The quantitative estimate of drug-likeness (QED) is 0.332. The summed E-state index contributed by atoms with van der Waals surface area (Å²) in [5, 5.41) is 17.9. The van der Waals surface area contributed by atoms with Crippen LogP contribution in [-0.4, -0.2) is 75.0 Å². The summed E-state index contributed by atoms with van der Waals surface area (Å²) in [5.74, 6) is -2.71. The molecule has 4 heterocycles. The van der Waals surface area contributed by atoms with Crippen molar-refractivity contribution in [1.82, 2.24) is 24.5 Å². The summed E-state index contributed by atoms with van der Waals surface area (Å²) < 4.78 is 43.1. The number of methoxy groups -OCH3 is 2. The predicted octanol–water partition coefficient (Wildman–Crippen LogP) is 4.75. The van der Waals surface area contributed by atoms with Gasteiger partial charge >= 0.3 is 0 Å². The Labute approximate surface area is 225 Å². The second kappa shape index (κ2) is 10.4. The third kappa shape index (κ3) is 5.64. The van der Waals surface area contributed by atoms with Gasteiger partial charge in [-0.2, -0.15) is 0 Å². The highest BCUT2D eigenvalue weighted by atomic mass is 19.3. The lowest BCUT2D eigenvalue weighted by molar-refractivity contribution is -0.0964. The minimum atomic E-state index is -2.95. The highest BCUT2D eigenvalue weighted by molar-refractivity contribution is 5.71. The largest absolute Gasteiger partial charge is 0.495 e. The Morgan fingerprint density at radius 2 is 1.95 bits per heavy atom. The Bertz CT molecular complexity index is 1470. The summed E-state index contributed by atoms with van der Waals surface area (Å²) in [7, 11) is 3.06. The number of anilines is 2. The Morgan fingerprint density at radius 3 is 2.67 bits per heavy atom. The SMILES string of the molecule is COc1cc([C@@H]2CCN(CC(C)(C)O)CC2(F)F)ccc1Nc1ncc2ccc(-c3cccnc3OC)n2n1. The Kier molecular flexibility index (Phi) is 7.13. The maximum atomic E-state index is 15.2. The van der Waals surface area contributed by atoms with Crippen molar-refractivity contribution < 1.29 is 23.4 Å². The van der Waals surface area contributed by atoms with Crippen LogP contribution < -0.4 is 14.8 Å². The number of hydrogen-bond donors (Lipinski definition) is 2. The molecule has 1 aromatic carbocycles. The van der Waals surface area contributed by atoms with E-state index in [0.717, 1.165) is 16.8 Å². The molecule has 1 aliphatic rings. The van der Waals surface area contributed by atoms with Gasteiger partial charge < -0.3 is 19.9 Å². The third-order valence-corrected chi connectivity index (χ3v) is 6.80. The van der Waals surface area contributed by atoms with Crippen molar-refractivity contribution >= 4 is 17.2 Å². The van der Waals surface area contributed by atoms with Crippen molar-refractivity contribution in [3.63, 3.8) is 0 Å². The summed E-state index contributed by atoms with van der Waals surface area (Å²) in [4.78, 5) is 10.3. The van der Waals surface area contributed by atoms with E-state index in [0.29, 0.717) is 35.4 Å². The van der Waals surface area contributed by atoms with E-state index in [2.05, 4.69) is 20.4 Å². The van der Waals surface area contributed by atoms with Gasteiger partial charge in [0.1, 0.15) is 5.75 Å². The molecular formula is C28H32F2N6O3. The van der Waals surface area contributed by atoms with Crippen LogP contribution in [0.15, 0.2) is 54.9 Å². The monoisotopic (exact) mass is 538 g/mol. The molecule has 1 aliphatic heterocycles. The lowest BCUT2D eigenvalue weighted by Gasteiger charge is -2.40. The number of fused-ring (bicyclic) bond motifs is 1. The summed E-state index contributed by atoms with van der Waals surface area (Å²) in [6.07, 6.45) is 3.61. The van der Waals surface area contributed by atoms with Crippen molar-refractivity contribution in [2.75, 3.05) is 39.2 Å². The van der Waals surface area contributed by atoms with Crippen LogP contribution in [0.5, 0.6) is 11.6 Å². The normalized spacial score (nSPS) is 17.8. The van der Waals surface area contributed by atoms with E-state index in [9.17, 15) is 5.11 Å². The average molecular weight is 539 g/mol. The summed E-state index contributed by atoms with van der Waals surface area (Å²) in [6, 6.07) is 12.6. The Hall–Kier alpha value is -3.83. The minimum Gasteiger partial charge on any atom is -0.495 e. The molecule has 5 rings (SSSR count). The van der Waals surface area contributed by atoms with Gasteiger partial charge in [0.2, 0.25) is 11.8 Å². The molecule has 1 atom stereocenters. The van der Waals surface area contributed by atoms with Gasteiger partial charge in [0.15, 0.2) is 0 Å². The molecule has 0 spiro atoms. The number of pyridine rings is 1. The first-order chi connectivity index (χ1) is 18.6. The van der Waals surface area contributed by atoms with E-state index in [1.165, 1.54) is 7.11 Å². The first kappa shape index (κ1) is 26.8. The van der Waals surface area contributed by atoms with E-state index in [-0.39, 0.29) is 13.0 Å². The number of ether oxygens (including phenoxy) is 2. The Balaban J connectivity index is 1.39. The van der Waals surface area contributed by atoms with Crippen molar-refractivity contribution in [3.05, 3.63) is 60.4 Å². The standard InChI is InChI=1S/C28H32F2N6O3/c1-27(2,37)16-35-13-11-21(28(29,30)17-35)18-7-9-22(24(14-18)38-3)33-26-32-15-19-8-10-23(36(19)34-26)20-6-5-12-31-25(20)39-4/h5-10,12,14-15,21,37H,11,13,16-17H2,1-4H3,(H,33,34)/t21-/m0/s1. The van der Waals surface area contributed by atoms with Crippen LogP contribution in [0.4, 0.5) is 20.4 Å². The molecule has 1 fully saturated rings. The number of halogens is 2. The number of nitrogens with one attached hydrogen (secondary N) is 1. The maximum Gasteiger partial charge on any atom is 0.267 e. The molecule has 0 aliphatic carbocycles. The maximum absolute atomic E-state index is 15.2. The van der Waals surface area contributed by atoms with Gasteiger partial charge in [0.05, 0.1) is 60.9 Å². The first-order valence-corrected chi connectivity index (χ1v) is 12.7. The number of benzene rings is 1. The van der Waals surface area contributed by atoms with Crippen molar-refractivity contribution in [2.24, 2.45) is 0 Å². The van der Waals surface area contributed by atoms with Crippen molar-refractivity contribution in [1.29, 1.82) is 0 Å². The number of aliphatic hydroxyl groups is 1. The molecule has 4 aromatic rings. The first-order valence-electron chi connectivity index (χ1n) is 12.7. The molecule has 0 saturated carbocycles. The molecule has 9 nitrogen and oxygen atoms in total. The number of alkyl halides is 2. The second-order valence-electron chi connectivity index (χ2n) is 10.4. The van der Waals surface area contributed by atoms with Gasteiger partial charge in [-0.25, -0.2) is 23.3 Å². The predicted molar refractivity (Wildman–Crippen MR) is 144 cm³/mol. The van der Waals surface area contributed by atoms with Crippen LogP contribution in [0.3, 0.4) is 0 Å². The van der Waals surface area contributed by atoms with Crippen LogP contribution >= 0.6 is 0 Å². The van der Waals surface area contributed by atoms with E-state index < -0.39 is 24.0 Å². The minimum absolute atomic E-state index is 0.197.